The number of imide groups is 1. The van der Waals surface area contributed by atoms with Gasteiger partial charge in [0.05, 0.1) is 0 Å². The summed E-state index contributed by atoms with van der Waals surface area (Å²) in [6, 6.07) is -0.677. The van der Waals surface area contributed by atoms with Gasteiger partial charge < -0.3 is 10.1 Å². The molecule has 3 amide bonds. The summed E-state index contributed by atoms with van der Waals surface area (Å²) in [4.78, 5) is 34.8. The molecule has 2 rings (SSSR count). The molecule has 0 spiro atoms. The minimum absolute atomic E-state index is 0.1000. The lowest BCUT2D eigenvalue weighted by molar-refractivity contribution is -0.134. The highest BCUT2D eigenvalue weighted by molar-refractivity contribution is 6.01. The fraction of sp³-hybridized carbons (Fsp3) is 0.812. The molecule has 1 aliphatic carbocycles. The van der Waals surface area contributed by atoms with E-state index in [-0.39, 0.29) is 18.4 Å². The molecule has 22 heavy (non-hydrogen) atoms. The largest absolute Gasteiger partial charge is 0.446 e. The molecule has 2 fully saturated rings. The quantitative estimate of drug-likeness (QED) is 0.781. The van der Waals surface area contributed by atoms with Gasteiger partial charge in [-0.25, -0.2) is 4.79 Å². The van der Waals surface area contributed by atoms with Crippen LogP contribution in [-0.4, -0.2) is 30.1 Å². The van der Waals surface area contributed by atoms with Crippen LogP contribution in [0.1, 0.15) is 52.9 Å². The highest BCUT2D eigenvalue weighted by Gasteiger charge is 2.35. The zero-order valence-electron chi connectivity index (χ0n) is 13.6. The number of alkyl carbamates (subject to hydrolysis) is 1. The lowest BCUT2D eigenvalue weighted by Crippen LogP contribution is -2.53. The van der Waals surface area contributed by atoms with Crippen LogP contribution in [0, 0.1) is 17.8 Å². The molecule has 6 nitrogen and oxygen atoms in total. The maximum Gasteiger partial charge on any atom is 0.408 e. The average molecular weight is 310 g/mol. The van der Waals surface area contributed by atoms with Crippen LogP contribution < -0.4 is 10.6 Å². The third-order valence-corrected chi connectivity index (χ3v) is 4.75. The Morgan fingerprint density at radius 2 is 2.00 bits per heavy atom. The number of hydrogen-bond donors (Lipinski definition) is 2. The highest BCUT2D eigenvalue weighted by Crippen LogP contribution is 2.35. The highest BCUT2D eigenvalue weighted by atomic mass is 16.6. The van der Waals surface area contributed by atoms with Gasteiger partial charge in [-0.1, -0.05) is 27.2 Å². The molecule has 0 bridgehead atoms. The summed E-state index contributed by atoms with van der Waals surface area (Å²) < 4.78 is 5.60. The standard InChI is InChI=1S/C16H26N2O4/c1-9(2)11-5-4-10(3)8-13(11)22-16(21)17-12-6-7-14(19)18-15(12)20/h9-13H,4-8H2,1-3H3,(H,17,21)(H,18,19,20)/t10-,11+,12-,13-/m0/s1. The van der Waals surface area contributed by atoms with Gasteiger partial charge in [-0.15, -0.1) is 0 Å². The van der Waals surface area contributed by atoms with Crippen LogP contribution >= 0.6 is 0 Å². The molecule has 1 heterocycles. The molecule has 6 heteroatoms. The summed E-state index contributed by atoms with van der Waals surface area (Å²) in [5.74, 6) is 0.621. The van der Waals surface area contributed by atoms with Crippen LogP contribution in [0.15, 0.2) is 0 Å². The summed E-state index contributed by atoms with van der Waals surface area (Å²) >= 11 is 0. The van der Waals surface area contributed by atoms with Gasteiger partial charge in [0.15, 0.2) is 0 Å². The van der Waals surface area contributed by atoms with Crippen LogP contribution in [0.3, 0.4) is 0 Å². The lowest BCUT2D eigenvalue weighted by atomic mass is 9.75. The van der Waals surface area contributed by atoms with Crippen LogP contribution in [-0.2, 0) is 14.3 Å². The van der Waals surface area contributed by atoms with Crippen molar-refractivity contribution in [1.29, 1.82) is 0 Å². The Balaban J connectivity index is 1.89. The van der Waals surface area contributed by atoms with E-state index in [0.717, 1.165) is 19.3 Å². The van der Waals surface area contributed by atoms with Gasteiger partial charge in [0.1, 0.15) is 12.1 Å². The third kappa shape index (κ3) is 4.21. The minimum Gasteiger partial charge on any atom is -0.446 e. The summed E-state index contributed by atoms with van der Waals surface area (Å²) in [5, 5.41) is 4.81. The van der Waals surface area contributed by atoms with E-state index in [4.69, 9.17) is 4.74 Å². The second-order valence-electron chi connectivity index (χ2n) is 6.92. The molecule has 2 aliphatic rings. The van der Waals surface area contributed by atoms with Crippen molar-refractivity contribution in [1.82, 2.24) is 10.6 Å². The van der Waals surface area contributed by atoms with E-state index in [1.165, 1.54) is 0 Å². The first kappa shape index (κ1) is 16.8. The van der Waals surface area contributed by atoms with Crippen molar-refractivity contribution in [2.75, 3.05) is 0 Å². The third-order valence-electron chi connectivity index (χ3n) is 4.75. The Bertz CT molecular complexity index is 449. The van der Waals surface area contributed by atoms with Crippen molar-refractivity contribution in [2.45, 2.75) is 65.0 Å². The maximum atomic E-state index is 12.1. The van der Waals surface area contributed by atoms with Crippen molar-refractivity contribution in [3.63, 3.8) is 0 Å². The molecule has 124 valence electrons. The van der Waals surface area contributed by atoms with Gasteiger partial charge in [-0.2, -0.15) is 0 Å². The zero-order valence-corrected chi connectivity index (χ0v) is 13.6. The molecule has 0 aromatic rings. The summed E-state index contributed by atoms with van der Waals surface area (Å²) in [6.07, 6.45) is 3.01. The van der Waals surface area contributed by atoms with Crippen LogP contribution in [0.25, 0.3) is 0 Å². The normalized spacial score (nSPS) is 32.5. The summed E-state index contributed by atoms with van der Waals surface area (Å²) in [5.41, 5.74) is 0. The topological polar surface area (TPSA) is 84.5 Å². The molecule has 1 saturated heterocycles. The first-order valence-electron chi connectivity index (χ1n) is 8.17. The Morgan fingerprint density at radius 1 is 1.27 bits per heavy atom. The molecule has 0 aromatic carbocycles. The molecule has 0 aromatic heterocycles. The molecule has 2 N–H and O–H groups in total. The first-order chi connectivity index (χ1) is 10.4. The maximum absolute atomic E-state index is 12.1. The van der Waals surface area contributed by atoms with Crippen LogP contribution in [0.2, 0.25) is 0 Å². The van der Waals surface area contributed by atoms with Gasteiger partial charge in [0, 0.05) is 6.42 Å². The Kier molecular flexibility index (Phi) is 5.42. The van der Waals surface area contributed by atoms with Crippen LogP contribution in [0.5, 0.6) is 0 Å². The monoisotopic (exact) mass is 310 g/mol. The fourth-order valence-corrected chi connectivity index (χ4v) is 3.40. The fourth-order valence-electron chi connectivity index (χ4n) is 3.40. The molecule has 4 atom stereocenters. The number of hydrogen-bond acceptors (Lipinski definition) is 4. The minimum atomic E-state index is -0.677. The number of rotatable bonds is 3. The number of nitrogens with one attached hydrogen (secondary N) is 2. The second kappa shape index (κ2) is 7.11. The number of ether oxygens (including phenoxy) is 1. The smallest absolute Gasteiger partial charge is 0.408 e. The van der Waals surface area contributed by atoms with E-state index < -0.39 is 18.0 Å². The van der Waals surface area contributed by atoms with E-state index in [1.54, 1.807) is 0 Å². The number of amides is 3. The molecule has 1 saturated carbocycles. The van der Waals surface area contributed by atoms with E-state index in [1.807, 2.05) is 0 Å². The molecular formula is C16H26N2O4. The van der Waals surface area contributed by atoms with Gasteiger partial charge in [0.25, 0.3) is 0 Å². The van der Waals surface area contributed by atoms with E-state index >= 15 is 0 Å². The van der Waals surface area contributed by atoms with E-state index in [0.29, 0.717) is 24.2 Å². The Morgan fingerprint density at radius 3 is 2.64 bits per heavy atom. The van der Waals surface area contributed by atoms with E-state index in [2.05, 4.69) is 31.4 Å². The second-order valence-corrected chi connectivity index (χ2v) is 6.92. The molecule has 0 unspecified atom stereocenters. The van der Waals surface area contributed by atoms with Crippen molar-refractivity contribution >= 4 is 17.9 Å². The predicted molar refractivity (Wildman–Crippen MR) is 80.9 cm³/mol. The molecule has 0 radical (unpaired) electrons. The van der Waals surface area contributed by atoms with Gasteiger partial charge in [0.2, 0.25) is 11.8 Å². The number of piperidine rings is 1. The van der Waals surface area contributed by atoms with Crippen molar-refractivity contribution < 1.29 is 19.1 Å². The van der Waals surface area contributed by atoms with Crippen molar-refractivity contribution in [2.24, 2.45) is 17.8 Å². The molecular weight excluding hydrogens is 284 g/mol. The summed E-state index contributed by atoms with van der Waals surface area (Å²) in [7, 11) is 0. The SMILES string of the molecule is CC(C)[C@H]1CC[C@H](C)C[C@@H]1OC(=O)N[C@H]1CCC(=O)NC1=O. The average Bonchev–Trinajstić information content (AvgIpc) is 2.41. The summed E-state index contributed by atoms with van der Waals surface area (Å²) in [6.45, 7) is 6.47. The van der Waals surface area contributed by atoms with Gasteiger partial charge in [-0.3, -0.25) is 14.9 Å². The van der Waals surface area contributed by atoms with E-state index in [9.17, 15) is 14.4 Å². The Hall–Kier alpha value is -1.59. The zero-order chi connectivity index (χ0) is 16.3. The number of carbonyl (C=O) groups is 3. The van der Waals surface area contributed by atoms with Crippen LogP contribution in [0.4, 0.5) is 4.79 Å². The van der Waals surface area contributed by atoms with Gasteiger partial charge in [-0.05, 0) is 37.0 Å². The first-order valence-corrected chi connectivity index (χ1v) is 8.17. The Labute approximate surface area is 131 Å². The van der Waals surface area contributed by atoms with Crippen molar-refractivity contribution in [3.8, 4) is 0 Å². The number of carbonyl (C=O) groups excluding carboxylic acids is 3. The molecule has 1 aliphatic heterocycles. The predicted octanol–water partition coefficient (Wildman–Crippen LogP) is 1.98. The lowest BCUT2D eigenvalue weighted by Gasteiger charge is -2.37. The van der Waals surface area contributed by atoms with Gasteiger partial charge >= 0.3 is 6.09 Å². The van der Waals surface area contributed by atoms with Crippen molar-refractivity contribution in [3.05, 3.63) is 0 Å².